The number of carbonyl (C=O) groups is 6. The number of unbranched alkanes of at least 4 members (excludes halogenated alkanes) is 20. The molecule has 4 aliphatic rings. The fourth-order valence-corrected chi connectivity index (χ4v) is 19.3. The highest BCUT2D eigenvalue weighted by Crippen LogP contribution is 2.45. The van der Waals surface area contributed by atoms with Crippen LogP contribution in [0.4, 0.5) is 0 Å². The van der Waals surface area contributed by atoms with E-state index < -0.39 is 0 Å². The summed E-state index contributed by atoms with van der Waals surface area (Å²) in [6.45, 7) is 37.3. The zero-order valence-electron chi connectivity index (χ0n) is 92.2. The van der Waals surface area contributed by atoms with E-state index in [0.29, 0.717) is 128 Å². The Morgan fingerprint density at radius 2 is 0.507 bits per heavy atom. The number of quaternary nitrogens is 2. The van der Waals surface area contributed by atoms with Gasteiger partial charge in [-0.3, -0.25) is 28.8 Å². The summed E-state index contributed by atoms with van der Waals surface area (Å²) in [6, 6.07) is 31.5. The Kier molecular flexibility index (Phi) is 67.3. The molecule has 0 aliphatic carbocycles. The Bertz CT molecular complexity index is 3900. The zero-order chi connectivity index (χ0) is 102. The molecule has 0 aromatic heterocycles. The summed E-state index contributed by atoms with van der Waals surface area (Å²) in [5, 5.41) is 9.77. The minimum atomic E-state index is -0.233. The molecule has 142 heavy (non-hydrogen) atoms. The molecule has 22 nitrogen and oxygen atoms in total. The Morgan fingerprint density at radius 1 is 0.296 bits per heavy atom. The molecule has 4 aromatic rings. The monoisotopic (exact) mass is 1990 g/mol. The molecule has 0 amide bonds. The molecule has 4 aliphatic heterocycles. The highest BCUT2D eigenvalue weighted by molar-refractivity contribution is 5.82. The number of carbonyl (C=O) groups excluding carboxylic acids is 6. The van der Waals surface area contributed by atoms with Crippen LogP contribution in [0.2, 0.25) is 0 Å². The minimum absolute atomic E-state index is 0. The molecule has 0 spiro atoms. The van der Waals surface area contributed by atoms with Crippen LogP contribution in [0.3, 0.4) is 0 Å². The summed E-state index contributed by atoms with van der Waals surface area (Å²) in [7, 11) is 13.1. The summed E-state index contributed by atoms with van der Waals surface area (Å²) in [5.74, 6) is 8.74. The van der Waals surface area contributed by atoms with E-state index in [4.69, 9.17) is 52.1 Å². The van der Waals surface area contributed by atoms with Crippen molar-refractivity contribution in [3.63, 3.8) is 0 Å². The molecule has 4 heterocycles. The fourth-order valence-electron chi connectivity index (χ4n) is 19.3. The van der Waals surface area contributed by atoms with Crippen LogP contribution in [-0.4, -0.2) is 226 Å². The molecule has 0 radical (unpaired) electrons. The van der Waals surface area contributed by atoms with E-state index in [1.165, 1.54) is 77.0 Å². The normalized spacial score (nSPS) is 15.8. The average Bonchev–Trinajstić information content (AvgIpc) is 0.787. The maximum absolute atomic E-state index is 12.9. The third-order valence-electron chi connectivity index (χ3n) is 28.3. The van der Waals surface area contributed by atoms with Crippen LogP contribution in [0.1, 0.15) is 357 Å². The lowest BCUT2D eigenvalue weighted by molar-refractivity contribution is -0.897. The Hall–Kier alpha value is -8.18. The number of Topliss-reactive ketones (excluding diaryl/α,β-unsaturated/α-hetero) is 4. The molecule has 808 valence electrons. The van der Waals surface area contributed by atoms with Crippen molar-refractivity contribution in [2.75, 3.05) is 167 Å². The van der Waals surface area contributed by atoms with Crippen molar-refractivity contribution in [1.82, 2.24) is 9.80 Å². The second kappa shape index (κ2) is 74.7. The molecular weight excluding hydrogens is 1790 g/mol. The van der Waals surface area contributed by atoms with Crippen LogP contribution in [0.15, 0.2) is 122 Å². The van der Waals surface area contributed by atoms with Crippen LogP contribution in [0, 0.1) is 36.5 Å². The smallest absolute Gasteiger partial charge is 0.306 e. The lowest BCUT2D eigenvalue weighted by atomic mass is 9.71. The fraction of sp³-hybridized carbons (Fsp3) is 0.700. The number of piperidine rings is 4. The number of rotatable bonds is 72. The van der Waals surface area contributed by atoms with E-state index in [2.05, 4.69) is 92.9 Å². The number of ketones is 4. The molecule has 4 saturated heterocycles. The number of likely N-dealkylation sites (tertiary alicyclic amines) is 4. The highest BCUT2D eigenvalue weighted by Gasteiger charge is 2.45. The number of hydrogen-bond donors (Lipinski definition) is 1. The first kappa shape index (κ1) is 128. The maximum Gasteiger partial charge on any atom is 0.306 e. The SMILES string of the molecule is C=C(CC1(CC(=O)CCCCCOc2cccc(OCCCCCC)c2)CCN(C)CC1)OCC.C=C(O)CC1(CC(=O)CCCCCOc2cccc(OCCCCCC)c2)CCN(C)CC1.CCCCCCOc1cccc(OCCCCCC(=O)CC2(CC(=O)OCC)CC[N+](C)(C)CC2)c1.CCCCCCOc1cccc(OCCCCCC(=O)CC2(CC(=O)OCC)CC[N+](C)(C)CC2)c1.[CH3-].[CH3-]. The predicted octanol–water partition coefficient (Wildman–Crippen LogP) is 27.5. The average molecular weight is 1990 g/mol. The lowest BCUT2D eigenvalue weighted by Crippen LogP contribution is -2.50. The van der Waals surface area contributed by atoms with E-state index in [9.17, 15) is 33.9 Å². The Labute approximate surface area is 863 Å². The Balaban J connectivity index is 0.000000485. The number of nitrogens with zero attached hydrogens (tertiary/aromatic N) is 4. The van der Waals surface area contributed by atoms with E-state index in [1.807, 2.05) is 118 Å². The van der Waals surface area contributed by atoms with E-state index in [0.717, 1.165) is 300 Å². The molecule has 4 aromatic carbocycles. The number of benzene rings is 4. The minimum Gasteiger partial charge on any atom is -0.513 e. The third kappa shape index (κ3) is 58.2. The van der Waals surface area contributed by atoms with Gasteiger partial charge < -0.3 is 90.8 Å². The van der Waals surface area contributed by atoms with Gasteiger partial charge in [0.2, 0.25) is 0 Å². The summed E-state index contributed by atoms with van der Waals surface area (Å²) in [6.07, 6.45) is 44.5. The van der Waals surface area contributed by atoms with Gasteiger partial charge in [0.1, 0.15) is 69.1 Å². The third-order valence-corrected chi connectivity index (χ3v) is 28.3. The van der Waals surface area contributed by atoms with Crippen molar-refractivity contribution < 1.29 is 94.9 Å². The van der Waals surface area contributed by atoms with Gasteiger partial charge in [-0.2, -0.15) is 0 Å². The van der Waals surface area contributed by atoms with E-state index >= 15 is 0 Å². The van der Waals surface area contributed by atoms with Gasteiger partial charge in [0, 0.05) is 114 Å². The first-order chi connectivity index (χ1) is 67.4. The zero-order valence-corrected chi connectivity index (χ0v) is 92.2. The van der Waals surface area contributed by atoms with Gasteiger partial charge in [0.15, 0.2) is 0 Å². The van der Waals surface area contributed by atoms with E-state index in [1.54, 1.807) is 0 Å². The second-order valence-corrected chi connectivity index (χ2v) is 42.3. The van der Waals surface area contributed by atoms with Crippen molar-refractivity contribution in [2.24, 2.45) is 21.7 Å². The summed E-state index contributed by atoms with van der Waals surface area (Å²) < 4.78 is 65.0. The number of ether oxygens (including phenoxy) is 11. The van der Waals surface area contributed by atoms with Crippen molar-refractivity contribution in [1.29, 1.82) is 0 Å². The number of aliphatic hydroxyl groups is 1. The second-order valence-electron chi connectivity index (χ2n) is 42.3. The number of esters is 2. The molecule has 0 atom stereocenters. The lowest BCUT2D eigenvalue weighted by Gasteiger charge is -2.44. The summed E-state index contributed by atoms with van der Waals surface area (Å²) >= 11 is 0. The van der Waals surface area contributed by atoms with Gasteiger partial charge >= 0.3 is 11.9 Å². The molecule has 4 fully saturated rings. The van der Waals surface area contributed by atoms with Gasteiger partial charge in [0.05, 0.1) is 151 Å². The quantitative estimate of drug-likeness (QED) is 0.0142. The molecule has 0 bridgehead atoms. The topological polar surface area (TPSA) is 231 Å². The van der Waals surface area contributed by atoms with Gasteiger partial charge in [-0.1, -0.05) is 142 Å². The summed E-state index contributed by atoms with van der Waals surface area (Å²) in [4.78, 5) is 80.3. The molecule has 1 N–H and O–H groups in total. The number of aliphatic hydroxyl groups excluding tert-OH is 1. The van der Waals surface area contributed by atoms with Crippen LogP contribution in [0.25, 0.3) is 0 Å². The van der Waals surface area contributed by atoms with Crippen LogP contribution in [-0.2, 0) is 43.0 Å². The van der Waals surface area contributed by atoms with Crippen molar-refractivity contribution in [3.8, 4) is 46.0 Å². The van der Waals surface area contributed by atoms with Crippen LogP contribution in [0.5, 0.6) is 46.0 Å². The Morgan fingerprint density at radius 3 is 0.718 bits per heavy atom. The molecule has 22 heteroatoms. The van der Waals surface area contributed by atoms with Gasteiger partial charge in [-0.15, -0.1) is 0 Å². The highest BCUT2D eigenvalue weighted by atomic mass is 16.5. The number of hydrogen-bond acceptors (Lipinski definition) is 20. The molecule has 0 saturated carbocycles. The molecular formula is C120H200N4O18. The first-order valence-corrected chi connectivity index (χ1v) is 54.9. The maximum atomic E-state index is 12.9. The van der Waals surface area contributed by atoms with Gasteiger partial charge in [-0.25, -0.2) is 0 Å². The predicted molar refractivity (Wildman–Crippen MR) is 581 cm³/mol. The largest absolute Gasteiger partial charge is 0.513 e. The molecule has 0 unspecified atom stereocenters. The van der Waals surface area contributed by atoms with Crippen molar-refractivity contribution >= 4 is 35.1 Å². The van der Waals surface area contributed by atoms with Crippen LogP contribution >= 0.6 is 0 Å². The van der Waals surface area contributed by atoms with Gasteiger partial charge in [-0.05, 0) is 260 Å². The van der Waals surface area contributed by atoms with E-state index in [-0.39, 0.29) is 65.8 Å². The van der Waals surface area contributed by atoms with Crippen molar-refractivity contribution in [3.05, 3.63) is 137 Å². The van der Waals surface area contributed by atoms with Crippen LogP contribution < -0.4 is 37.9 Å². The number of allylic oxidation sites excluding steroid dienone is 2. The first-order valence-electron chi connectivity index (χ1n) is 54.9. The standard InChI is InChI=1S/2C30H50NO5.C30H49NO4.C28H45NO4.2CH3/c2*1-5-7-8-11-21-35-27-15-13-16-28(23-27)36-22-12-9-10-14-26(32)24-30(25-29(33)34-6-2)17-19-31(3,4)20-18-30;1-5-7-8-11-21-34-28-15-13-16-29(23-28)35-22-12-9-10-14-27(32)25-30(24-26(3)33-6-2)17-19-31(4)20-18-30;1-4-5-6-9-19-32-26-13-11-14-27(21-26)33-20-10-7-8-12-25(31)23-28(22-24(2)30)15-17-29(3)18-16-28;;/h2*13,15-16,23H,5-12,14,17-22,24-25H2,1-4H3;13,15-16,23H,3,5-12,14,17-22,24-25H2,1-2,4H3;11,13-14,21,30H,2,4-10,12,15-20,22-23H2,1,3H3;2*1H3/q2*+1;;;2*-1. The summed E-state index contributed by atoms with van der Waals surface area (Å²) in [5.41, 5.74) is -0.559. The van der Waals surface area contributed by atoms with Gasteiger partial charge in [0.25, 0.3) is 0 Å². The molecule has 8 rings (SSSR count). The van der Waals surface area contributed by atoms with Crippen molar-refractivity contribution in [2.45, 2.75) is 357 Å².